The van der Waals surface area contributed by atoms with Crippen LogP contribution in [0.15, 0.2) is 22.6 Å². The van der Waals surface area contributed by atoms with Gasteiger partial charge in [0.2, 0.25) is 0 Å². The van der Waals surface area contributed by atoms with Crippen LogP contribution in [0.25, 0.3) is 0 Å². The highest BCUT2D eigenvalue weighted by atomic mass is 35.5. The minimum absolute atomic E-state index is 0.0443. The van der Waals surface area contributed by atoms with Crippen LogP contribution in [0.2, 0.25) is 5.02 Å². The molecule has 1 aromatic heterocycles. The lowest BCUT2D eigenvalue weighted by molar-refractivity contribution is 0.0694. The molecule has 0 aliphatic heterocycles. The van der Waals surface area contributed by atoms with Crippen LogP contribution in [0, 0.1) is 6.92 Å². The Morgan fingerprint density at radius 3 is 2.56 bits per heavy atom. The van der Waals surface area contributed by atoms with Gasteiger partial charge in [0.1, 0.15) is 17.1 Å². The molecular weight excluding hydrogens is 374 g/mol. The molecule has 2 N–H and O–H groups in total. The van der Waals surface area contributed by atoms with Crippen LogP contribution in [-0.2, 0) is 6.54 Å². The topological polar surface area (TPSA) is 98.0 Å². The van der Waals surface area contributed by atoms with Gasteiger partial charge in [-0.25, -0.2) is 4.79 Å². The maximum atomic E-state index is 12.5. The predicted octanol–water partition coefficient (Wildman–Crippen LogP) is 4.06. The van der Waals surface area contributed by atoms with E-state index in [0.29, 0.717) is 36.0 Å². The molecule has 2 aromatic rings. The Morgan fingerprint density at radius 1 is 1.22 bits per heavy atom. The van der Waals surface area contributed by atoms with Gasteiger partial charge in [-0.2, -0.15) is 0 Å². The number of carboxylic acid groups (broad SMARTS) is 1. The number of rotatable bonds is 9. The molecule has 0 unspecified atom stereocenters. The van der Waals surface area contributed by atoms with Crippen molar-refractivity contribution in [1.82, 2.24) is 5.32 Å². The Morgan fingerprint density at radius 2 is 1.96 bits per heavy atom. The second kappa shape index (κ2) is 9.32. The van der Waals surface area contributed by atoms with Gasteiger partial charge in [0.05, 0.1) is 24.8 Å². The van der Waals surface area contributed by atoms with Crippen molar-refractivity contribution in [2.75, 3.05) is 13.2 Å². The van der Waals surface area contributed by atoms with Gasteiger partial charge in [0.15, 0.2) is 11.5 Å². The number of benzene rings is 1. The summed E-state index contributed by atoms with van der Waals surface area (Å²) in [6.07, 6.45) is 0.811. The number of ether oxygens (including phenoxy) is 2. The van der Waals surface area contributed by atoms with Crippen molar-refractivity contribution in [2.24, 2.45) is 0 Å². The fourth-order valence-corrected chi connectivity index (χ4v) is 2.68. The van der Waals surface area contributed by atoms with Gasteiger partial charge in [0, 0.05) is 5.56 Å². The average molecular weight is 396 g/mol. The molecule has 8 heteroatoms. The van der Waals surface area contributed by atoms with E-state index in [9.17, 15) is 9.59 Å². The number of hydrogen-bond acceptors (Lipinski definition) is 5. The summed E-state index contributed by atoms with van der Waals surface area (Å²) < 4.78 is 16.5. The number of carbonyl (C=O) groups excluding carboxylic acids is 1. The molecule has 0 aliphatic carbocycles. The van der Waals surface area contributed by atoms with Gasteiger partial charge in [-0.15, -0.1) is 0 Å². The van der Waals surface area contributed by atoms with E-state index < -0.39 is 11.9 Å². The molecule has 0 radical (unpaired) electrons. The third-order valence-corrected chi connectivity index (χ3v) is 3.93. The largest absolute Gasteiger partial charge is 0.490 e. The Hall–Kier alpha value is -2.67. The van der Waals surface area contributed by atoms with Crippen LogP contribution in [0.1, 0.15) is 52.5 Å². The molecule has 27 heavy (non-hydrogen) atoms. The number of carboxylic acids is 1. The smallest absolute Gasteiger partial charge is 0.339 e. The molecule has 1 heterocycles. The number of furan rings is 1. The number of hydrogen-bond donors (Lipinski definition) is 2. The molecule has 0 atom stereocenters. The first kappa shape index (κ1) is 20.6. The lowest BCUT2D eigenvalue weighted by Gasteiger charge is -2.14. The summed E-state index contributed by atoms with van der Waals surface area (Å²) in [6.45, 7) is 6.27. The van der Waals surface area contributed by atoms with Gasteiger partial charge in [0.25, 0.3) is 5.91 Å². The fraction of sp³-hybridized carbons (Fsp3) is 0.368. The standard InChI is InChI=1S/C19H22ClNO6/c1-4-6-26-17-15(20)7-12(8-16(17)25-5-2)18(22)21-10-13-9-14(19(23)24)11(3)27-13/h7-9H,4-6,10H2,1-3H3,(H,21,22)(H,23,24). The van der Waals surface area contributed by atoms with Gasteiger partial charge in [-0.05, 0) is 38.5 Å². The Labute approximate surface area is 162 Å². The molecule has 0 fully saturated rings. The molecule has 146 valence electrons. The predicted molar refractivity (Wildman–Crippen MR) is 100.0 cm³/mol. The van der Waals surface area contributed by atoms with Gasteiger partial charge in [-0.3, -0.25) is 4.79 Å². The van der Waals surface area contributed by atoms with Crippen molar-refractivity contribution < 1.29 is 28.6 Å². The first-order valence-electron chi connectivity index (χ1n) is 8.57. The third-order valence-electron chi connectivity index (χ3n) is 3.64. The highest BCUT2D eigenvalue weighted by Crippen LogP contribution is 2.36. The van der Waals surface area contributed by atoms with Crippen LogP contribution < -0.4 is 14.8 Å². The number of aromatic carboxylic acids is 1. The minimum Gasteiger partial charge on any atom is -0.490 e. The van der Waals surface area contributed by atoms with Crippen molar-refractivity contribution in [3.8, 4) is 11.5 Å². The molecule has 0 aliphatic rings. The third kappa shape index (κ3) is 5.17. The van der Waals surface area contributed by atoms with E-state index in [1.807, 2.05) is 13.8 Å². The molecule has 7 nitrogen and oxygen atoms in total. The molecule has 1 aromatic carbocycles. The molecule has 0 saturated heterocycles. The summed E-state index contributed by atoms with van der Waals surface area (Å²) in [5.74, 6) is -0.0473. The van der Waals surface area contributed by atoms with Crippen LogP contribution in [0.3, 0.4) is 0 Å². The van der Waals surface area contributed by atoms with E-state index in [1.165, 1.54) is 12.1 Å². The first-order chi connectivity index (χ1) is 12.9. The van der Waals surface area contributed by atoms with E-state index in [-0.39, 0.29) is 22.9 Å². The van der Waals surface area contributed by atoms with E-state index in [2.05, 4.69) is 5.32 Å². The maximum absolute atomic E-state index is 12.5. The number of aryl methyl sites for hydroxylation is 1. The van der Waals surface area contributed by atoms with Crippen LogP contribution in [0.5, 0.6) is 11.5 Å². The van der Waals surface area contributed by atoms with E-state index in [0.717, 1.165) is 6.42 Å². The molecule has 0 saturated carbocycles. The number of carbonyl (C=O) groups is 2. The molecular formula is C19H22ClNO6. The lowest BCUT2D eigenvalue weighted by atomic mass is 10.2. The minimum atomic E-state index is -1.08. The van der Waals surface area contributed by atoms with Crippen LogP contribution in [-0.4, -0.2) is 30.2 Å². The Kier molecular flexibility index (Phi) is 7.12. The quantitative estimate of drug-likeness (QED) is 0.664. The van der Waals surface area contributed by atoms with Gasteiger partial charge < -0.3 is 24.3 Å². The van der Waals surface area contributed by atoms with Crippen LogP contribution in [0.4, 0.5) is 0 Å². The van der Waals surface area contributed by atoms with Gasteiger partial charge in [-0.1, -0.05) is 18.5 Å². The van der Waals surface area contributed by atoms with Crippen molar-refractivity contribution in [3.05, 3.63) is 45.9 Å². The van der Waals surface area contributed by atoms with Crippen LogP contribution >= 0.6 is 11.6 Å². The van der Waals surface area contributed by atoms with Crippen molar-refractivity contribution in [2.45, 2.75) is 33.7 Å². The molecule has 0 bridgehead atoms. The maximum Gasteiger partial charge on any atom is 0.339 e. The summed E-state index contributed by atoms with van der Waals surface area (Å²) in [5.41, 5.74) is 0.368. The zero-order chi connectivity index (χ0) is 20.0. The van der Waals surface area contributed by atoms with E-state index >= 15 is 0 Å². The zero-order valence-electron chi connectivity index (χ0n) is 15.4. The average Bonchev–Trinajstić information content (AvgIpc) is 3.00. The monoisotopic (exact) mass is 395 g/mol. The summed E-state index contributed by atoms with van der Waals surface area (Å²) in [5, 5.41) is 12.0. The van der Waals surface area contributed by atoms with Crippen molar-refractivity contribution in [3.63, 3.8) is 0 Å². The fourth-order valence-electron chi connectivity index (χ4n) is 2.42. The molecule has 1 amide bonds. The van der Waals surface area contributed by atoms with Crippen molar-refractivity contribution in [1.29, 1.82) is 0 Å². The Balaban J connectivity index is 2.15. The summed E-state index contributed by atoms with van der Waals surface area (Å²) in [4.78, 5) is 23.5. The highest BCUT2D eigenvalue weighted by Gasteiger charge is 2.18. The summed E-state index contributed by atoms with van der Waals surface area (Å²) >= 11 is 6.26. The second-order valence-electron chi connectivity index (χ2n) is 5.74. The second-order valence-corrected chi connectivity index (χ2v) is 6.14. The summed E-state index contributed by atoms with van der Waals surface area (Å²) in [7, 11) is 0. The molecule has 0 spiro atoms. The van der Waals surface area contributed by atoms with E-state index in [4.69, 9.17) is 30.6 Å². The van der Waals surface area contributed by atoms with E-state index in [1.54, 1.807) is 13.0 Å². The Bertz CT molecular complexity index is 830. The zero-order valence-corrected chi connectivity index (χ0v) is 16.2. The van der Waals surface area contributed by atoms with Gasteiger partial charge >= 0.3 is 5.97 Å². The normalized spacial score (nSPS) is 10.5. The summed E-state index contributed by atoms with van der Waals surface area (Å²) in [6, 6.07) is 4.45. The number of amides is 1. The SMILES string of the molecule is CCCOc1c(Cl)cc(C(=O)NCc2cc(C(=O)O)c(C)o2)cc1OCC. The number of halogens is 1. The lowest BCUT2D eigenvalue weighted by Crippen LogP contribution is -2.22. The van der Waals surface area contributed by atoms with Crippen molar-refractivity contribution >= 4 is 23.5 Å². The number of nitrogens with one attached hydrogen (secondary N) is 1. The first-order valence-corrected chi connectivity index (χ1v) is 8.95. The molecule has 2 rings (SSSR count). The highest BCUT2D eigenvalue weighted by molar-refractivity contribution is 6.32.